The molecule has 0 radical (unpaired) electrons. The lowest BCUT2D eigenvalue weighted by Crippen LogP contribution is -2.22. The maximum Gasteiger partial charge on any atom is 0.150 e. The van der Waals surface area contributed by atoms with Crippen molar-refractivity contribution < 1.29 is 8.42 Å². The highest BCUT2D eigenvalue weighted by Gasteiger charge is 2.20. The molecule has 2 nitrogen and oxygen atoms in total. The van der Waals surface area contributed by atoms with Crippen LogP contribution >= 0.6 is 0 Å². The van der Waals surface area contributed by atoms with Crippen molar-refractivity contribution in [2.45, 2.75) is 40.5 Å². The van der Waals surface area contributed by atoms with Gasteiger partial charge in [0, 0.05) is 0 Å². The summed E-state index contributed by atoms with van der Waals surface area (Å²) >= 11 is 0. The molecule has 0 bridgehead atoms. The summed E-state index contributed by atoms with van der Waals surface area (Å²) in [6, 6.07) is 0. The molecular weight excluding hydrogens is 172 g/mol. The van der Waals surface area contributed by atoms with Crippen molar-refractivity contribution in [3.05, 3.63) is 0 Å². The van der Waals surface area contributed by atoms with Crippen molar-refractivity contribution >= 4 is 9.84 Å². The first kappa shape index (κ1) is 11.9. The summed E-state index contributed by atoms with van der Waals surface area (Å²) in [5.74, 6) is 0.654. The summed E-state index contributed by atoms with van der Waals surface area (Å²) in [6.07, 6.45) is 1.74. The van der Waals surface area contributed by atoms with Crippen LogP contribution in [-0.4, -0.2) is 19.9 Å². The van der Waals surface area contributed by atoms with Gasteiger partial charge >= 0.3 is 0 Å². The lowest BCUT2D eigenvalue weighted by molar-refractivity contribution is 0.461. The SMILES string of the molecule is CCCCS(=O)(=O)CC(C)(C)C. The number of rotatable bonds is 4. The minimum Gasteiger partial charge on any atom is -0.229 e. The van der Waals surface area contributed by atoms with Gasteiger partial charge in [0.05, 0.1) is 11.5 Å². The van der Waals surface area contributed by atoms with E-state index in [4.69, 9.17) is 0 Å². The molecule has 0 aromatic rings. The zero-order chi connectivity index (χ0) is 9.83. The Morgan fingerprint density at radius 2 is 1.67 bits per heavy atom. The van der Waals surface area contributed by atoms with Gasteiger partial charge in [0.2, 0.25) is 0 Å². The Morgan fingerprint density at radius 3 is 2.00 bits per heavy atom. The summed E-state index contributed by atoms with van der Waals surface area (Å²) in [4.78, 5) is 0. The van der Waals surface area contributed by atoms with Crippen molar-refractivity contribution in [1.29, 1.82) is 0 Å². The molecule has 0 aromatic heterocycles. The quantitative estimate of drug-likeness (QED) is 0.684. The zero-order valence-corrected chi connectivity index (χ0v) is 9.37. The second kappa shape index (κ2) is 4.26. The Labute approximate surface area is 76.3 Å². The molecule has 0 atom stereocenters. The predicted octanol–water partition coefficient (Wildman–Crippen LogP) is 2.25. The molecule has 0 rings (SSSR count). The average molecular weight is 192 g/mol. The number of hydrogen-bond donors (Lipinski definition) is 0. The van der Waals surface area contributed by atoms with Gasteiger partial charge in [0.1, 0.15) is 0 Å². The van der Waals surface area contributed by atoms with Crippen LogP contribution in [0.5, 0.6) is 0 Å². The Morgan fingerprint density at radius 1 is 1.17 bits per heavy atom. The van der Waals surface area contributed by atoms with Crippen LogP contribution in [0, 0.1) is 5.41 Å². The van der Waals surface area contributed by atoms with Crippen LogP contribution in [0.15, 0.2) is 0 Å². The molecule has 0 heterocycles. The van der Waals surface area contributed by atoms with Crippen LogP contribution in [0.1, 0.15) is 40.5 Å². The molecule has 12 heavy (non-hydrogen) atoms. The molecule has 0 amide bonds. The van der Waals surface area contributed by atoms with E-state index in [1.54, 1.807) is 0 Å². The topological polar surface area (TPSA) is 34.1 Å². The van der Waals surface area contributed by atoms with Crippen molar-refractivity contribution in [3.63, 3.8) is 0 Å². The van der Waals surface area contributed by atoms with Crippen molar-refractivity contribution in [2.75, 3.05) is 11.5 Å². The third-order valence-electron chi connectivity index (χ3n) is 1.46. The van der Waals surface area contributed by atoms with E-state index in [-0.39, 0.29) is 5.41 Å². The highest BCUT2D eigenvalue weighted by molar-refractivity contribution is 7.91. The minimum atomic E-state index is -2.80. The van der Waals surface area contributed by atoms with Gasteiger partial charge in [-0.2, -0.15) is 0 Å². The average Bonchev–Trinajstić information content (AvgIpc) is 1.78. The van der Waals surface area contributed by atoms with Gasteiger partial charge < -0.3 is 0 Å². The monoisotopic (exact) mass is 192 g/mol. The molecule has 0 spiro atoms. The fraction of sp³-hybridized carbons (Fsp3) is 1.00. The van der Waals surface area contributed by atoms with E-state index in [0.29, 0.717) is 11.5 Å². The lowest BCUT2D eigenvalue weighted by atomic mass is 10.0. The highest BCUT2D eigenvalue weighted by Crippen LogP contribution is 2.17. The van der Waals surface area contributed by atoms with E-state index in [1.165, 1.54) is 0 Å². The Hall–Kier alpha value is -0.0500. The van der Waals surface area contributed by atoms with E-state index >= 15 is 0 Å². The summed E-state index contributed by atoms with van der Waals surface area (Å²) < 4.78 is 22.8. The molecule has 0 saturated carbocycles. The molecule has 0 fully saturated rings. The van der Waals surface area contributed by atoms with E-state index < -0.39 is 9.84 Å². The van der Waals surface area contributed by atoms with Gasteiger partial charge in [-0.3, -0.25) is 0 Å². The first-order chi connectivity index (χ1) is 5.27. The van der Waals surface area contributed by atoms with Crippen LogP contribution in [0.4, 0.5) is 0 Å². The smallest absolute Gasteiger partial charge is 0.150 e. The van der Waals surface area contributed by atoms with Crippen LogP contribution in [0.3, 0.4) is 0 Å². The van der Waals surface area contributed by atoms with Gasteiger partial charge in [-0.05, 0) is 11.8 Å². The molecule has 0 aliphatic heterocycles. The van der Waals surface area contributed by atoms with E-state index in [9.17, 15) is 8.42 Å². The largest absolute Gasteiger partial charge is 0.229 e. The molecule has 0 aromatic carbocycles. The Balaban J connectivity index is 4.06. The van der Waals surface area contributed by atoms with Crippen LogP contribution in [0.25, 0.3) is 0 Å². The van der Waals surface area contributed by atoms with Gasteiger partial charge in [-0.25, -0.2) is 8.42 Å². The zero-order valence-electron chi connectivity index (χ0n) is 8.55. The summed E-state index contributed by atoms with van der Waals surface area (Å²) in [5.41, 5.74) is -0.105. The molecule has 0 saturated heterocycles. The van der Waals surface area contributed by atoms with Gasteiger partial charge in [0.25, 0.3) is 0 Å². The van der Waals surface area contributed by atoms with Crippen LogP contribution < -0.4 is 0 Å². The number of hydrogen-bond acceptors (Lipinski definition) is 2. The maximum atomic E-state index is 11.4. The summed E-state index contributed by atoms with van der Waals surface area (Å²) in [6.45, 7) is 7.87. The van der Waals surface area contributed by atoms with Crippen molar-refractivity contribution in [3.8, 4) is 0 Å². The Kier molecular flexibility index (Phi) is 4.24. The van der Waals surface area contributed by atoms with E-state index in [0.717, 1.165) is 12.8 Å². The highest BCUT2D eigenvalue weighted by atomic mass is 32.2. The maximum absolute atomic E-state index is 11.4. The molecular formula is C9H20O2S. The van der Waals surface area contributed by atoms with Crippen molar-refractivity contribution in [1.82, 2.24) is 0 Å². The fourth-order valence-corrected chi connectivity index (χ4v) is 3.29. The third kappa shape index (κ3) is 6.65. The van der Waals surface area contributed by atoms with Crippen LogP contribution in [-0.2, 0) is 9.84 Å². The first-order valence-electron chi connectivity index (χ1n) is 4.47. The first-order valence-corrected chi connectivity index (χ1v) is 6.29. The summed E-state index contributed by atoms with van der Waals surface area (Å²) in [7, 11) is -2.80. The van der Waals surface area contributed by atoms with E-state index in [1.807, 2.05) is 27.7 Å². The molecule has 3 heteroatoms. The molecule has 0 N–H and O–H groups in total. The van der Waals surface area contributed by atoms with Gasteiger partial charge in [-0.15, -0.1) is 0 Å². The lowest BCUT2D eigenvalue weighted by Gasteiger charge is -2.17. The third-order valence-corrected chi connectivity index (χ3v) is 3.68. The number of unbranched alkanes of at least 4 members (excludes halogenated alkanes) is 1. The predicted molar refractivity (Wildman–Crippen MR) is 53.0 cm³/mol. The second-order valence-corrected chi connectivity index (χ2v) is 6.69. The van der Waals surface area contributed by atoms with Gasteiger partial charge in [0.15, 0.2) is 9.84 Å². The molecule has 0 aliphatic carbocycles. The second-order valence-electron chi connectivity index (χ2n) is 4.51. The minimum absolute atomic E-state index is 0.105. The molecule has 74 valence electrons. The normalized spacial score (nSPS) is 13.3. The molecule has 0 unspecified atom stereocenters. The van der Waals surface area contributed by atoms with Gasteiger partial charge in [-0.1, -0.05) is 34.1 Å². The van der Waals surface area contributed by atoms with E-state index in [2.05, 4.69) is 0 Å². The fourth-order valence-electron chi connectivity index (χ4n) is 1.10. The molecule has 0 aliphatic rings. The standard InChI is InChI=1S/C9H20O2S/c1-5-6-7-12(10,11)8-9(2,3)4/h5-8H2,1-4H3. The summed E-state index contributed by atoms with van der Waals surface area (Å²) in [5, 5.41) is 0. The van der Waals surface area contributed by atoms with Crippen molar-refractivity contribution in [2.24, 2.45) is 5.41 Å². The Bertz CT molecular complexity index is 209. The van der Waals surface area contributed by atoms with Crippen LogP contribution in [0.2, 0.25) is 0 Å². The number of sulfone groups is 1.